The minimum atomic E-state index is -0.443. The molecule has 2 atom stereocenters. The summed E-state index contributed by atoms with van der Waals surface area (Å²) in [6.07, 6.45) is -0.0302. The number of carbonyl (C=O) groups is 1. The molecule has 0 amide bonds. The number of hydrogen-bond acceptors (Lipinski definition) is 4. The van der Waals surface area contributed by atoms with Crippen LogP contribution < -0.4 is 0 Å². The first-order valence-electron chi connectivity index (χ1n) is 7.20. The molecule has 2 aromatic rings. The van der Waals surface area contributed by atoms with Crippen LogP contribution in [-0.4, -0.2) is 10.7 Å². The minimum Gasteiger partial charge on any atom is -0.365 e. The molecule has 5 nitrogen and oxygen atoms in total. The maximum Gasteiger partial charge on any atom is 0.269 e. The summed E-state index contributed by atoms with van der Waals surface area (Å²) in [6, 6.07) is 13.9. The van der Waals surface area contributed by atoms with Crippen LogP contribution in [-0.2, 0) is 9.53 Å². The van der Waals surface area contributed by atoms with Crippen molar-refractivity contribution < 1.29 is 14.5 Å². The van der Waals surface area contributed by atoms with Crippen molar-refractivity contribution in [1.82, 2.24) is 0 Å². The number of non-ortho nitro benzene ring substituents is 1. The topological polar surface area (TPSA) is 69.4 Å². The lowest BCUT2D eigenvalue weighted by Gasteiger charge is -2.30. The predicted octanol–water partition coefficient (Wildman–Crippen LogP) is 4.52. The molecule has 0 saturated carbocycles. The van der Waals surface area contributed by atoms with Gasteiger partial charge >= 0.3 is 0 Å². The van der Waals surface area contributed by atoms with Gasteiger partial charge in [-0.25, -0.2) is 0 Å². The van der Waals surface area contributed by atoms with Crippen LogP contribution in [0.3, 0.4) is 0 Å². The third-order valence-electron chi connectivity index (χ3n) is 3.85. The fourth-order valence-electron chi connectivity index (χ4n) is 2.70. The zero-order chi connectivity index (χ0) is 16.4. The first-order chi connectivity index (χ1) is 11.0. The van der Waals surface area contributed by atoms with Crippen LogP contribution in [0.1, 0.15) is 36.2 Å². The lowest BCUT2D eigenvalue weighted by Crippen LogP contribution is -2.23. The van der Waals surface area contributed by atoms with Crippen molar-refractivity contribution in [2.75, 3.05) is 0 Å². The highest BCUT2D eigenvalue weighted by molar-refractivity contribution is 9.10. The summed E-state index contributed by atoms with van der Waals surface area (Å²) < 4.78 is 7.01. The quantitative estimate of drug-likeness (QED) is 0.584. The molecule has 0 N–H and O–H groups in total. The summed E-state index contributed by atoms with van der Waals surface area (Å²) in [7, 11) is 0. The van der Waals surface area contributed by atoms with Crippen molar-refractivity contribution in [3.05, 3.63) is 74.2 Å². The third-order valence-corrected chi connectivity index (χ3v) is 4.34. The molecule has 1 heterocycles. The highest BCUT2D eigenvalue weighted by Crippen LogP contribution is 2.37. The Bertz CT molecular complexity index is 745. The maximum atomic E-state index is 12.1. The van der Waals surface area contributed by atoms with Gasteiger partial charge in [0.05, 0.1) is 17.1 Å². The van der Waals surface area contributed by atoms with E-state index in [1.807, 2.05) is 24.3 Å². The zero-order valence-electron chi connectivity index (χ0n) is 12.1. The normalized spacial score (nSPS) is 21.2. The maximum absolute atomic E-state index is 12.1. The highest BCUT2D eigenvalue weighted by Gasteiger charge is 2.30. The second-order valence-electron chi connectivity index (χ2n) is 5.46. The minimum absolute atomic E-state index is 0.0272. The molecule has 0 aliphatic carbocycles. The van der Waals surface area contributed by atoms with Gasteiger partial charge in [-0.2, -0.15) is 0 Å². The number of ether oxygens (including phenoxy) is 1. The van der Waals surface area contributed by atoms with Crippen LogP contribution in [0, 0.1) is 10.1 Å². The molecule has 1 aliphatic heterocycles. The number of nitro benzene ring substituents is 1. The lowest BCUT2D eigenvalue weighted by molar-refractivity contribution is -0.384. The Morgan fingerprint density at radius 1 is 1.04 bits per heavy atom. The molecular weight excluding hydrogens is 362 g/mol. The molecule has 6 heteroatoms. The summed E-state index contributed by atoms with van der Waals surface area (Å²) in [5, 5.41) is 10.7. The zero-order valence-corrected chi connectivity index (χ0v) is 13.7. The van der Waals surface area contributed by atoms with Crippen LogP contribution in [0.2, 0.25) is 0 Å². The van der Waals surface area contributed by atoms with Gasteiger partial charge in [-0.3, -0.25) is 14.9 Å². The molecule has 0 bridgehead atoms. The molecule has 0 aromatic heterocycles. The van der Waals surface area contributed by atoms with Crippen molar-refractivity contribution in [3.63, 3.8) is 0 Å². The smallest absolute Gasteiger partial charge is 0.269 e. The number of halogens is 1. The Hall–Kier alpha value is -2.05. The molecule has 118 valence electrons. The molecule has 0 spiro atoms. The first-order valence-corrected chi connectivity index (χ1v) is 7.99. The highest BCUT2D eigenvalue weighted by atomic mass is 79.9. The van der Waals surface area contributed by atoms with Gasteiger partial charge in [-0.05, 0) is 35.4 Å². The van der Waals surface area contributed by atoms with Gasteiger partial charge in [0.15, 0.2) is 0 Å². The summed E-state index contributed by atoms with van der Waals surface area (Å²) >= 11 is 3.42. The van der Waals surface area contributed by atoms with E-state index in [9.17, 15) is 14.9 Å². The second kappa shape index (κ2) is 6.60. The van der Waals surface area contributed by atoms with E-state index in [2.05, 4.69) is 15.9 Å². The van der Waals surface area contributed by atoms with Crippen LogP contribution in [0.4, 0.5) is 5.69 Å². The lowest BCUT2D eigenvalue weighted by atomic mass is 9.94. The van der Waals surface area contributed by atoms with Gasteiger partial charge in [0.2, 0.25) is 0 Å². The molecule has 3 rings (SSSR count). The number of rotatable bonds is 3. The summed E-state index contributed by atoms with van der Waals surface area (Å²) in [5.41, 5.74) is 1.75. The standard InChI is InChI=1S/C17H14BrNO4/c18-13-3-1-2-12(8-13)17-10-15(20)9-16(23-17)11-4-6-14(7-5-11)19(21)22/h1-8,16-17H,9-10H2/t16-,17+/m1/s1. The van der Waals surface area contributed by atoms with E-state index >= 15 is 0 Å². The number of ketones is 1. The van der Waals surface area contributed by atoms with E-state index < -0.39 is 4.92 Å². The Morgan fingerprint density at radius 3 is 2.30 bits per heavy atom. The Kier molecular flexibility index (Phi) is 4.54. The van der Waals surface area contributed by atoms with Gasteiger partial charge in [0.1, 0.15) is 5.78 Å². The van der Waals surface area contributed by atoms with E-state index in [0.717, 1.165) is 15.6 Å². The number of hydrogen-bond donors (Lipinski definition) is 0. The van der Waals surface area contributed by atoms with Crippen molar-refractivity contribution >= 4 is 27.4 Å². The Morgan fingerprint density at radius 2 is 1.70 bits per heavy atom. The number of Topliss-reactive ketones (excluding diaryl/α,β-unsaturated/α-hetero) is 1. The van der Waals surface area contributed by atoms with E-state index in [-0.39, 0.29) is 23.7 Å². The van der Waals surface area contributed by atoms with E-state index in [0.29, 0.717) is 12.8 Å². The molecule has 0 radical (unpaired) electrons. The predicted molar refractivity (Wildman–Crippen MR) is 88.0 cm³/mol. The number of carbonyl (C=O) groups excluding carboxylic acids is 1. The number of nitro groups is 1. The van der Waals surface area contributed by atoms with E-state index in [1.54, 1.807) is 12.1 Å². The van der Waals surface area contributed by atoms with Crippen LogP contribution in [0.15, 0.2) is 53.0 Å². The van der Waals surface area contributed by atoms with E-state index in [4.69, 9.17) is 4.74 Å². The van der Waals surface area contributed by atoms with Crippen molar-refractivity contribution in [3.8, 4) is 0 Å². The fraction of sp³-hybridized carbons (Fsp3) is 0.235. The molecule has 1 aliphatic rings. The molecule has 0 unspecified atom stereocenters. The Balaban J connectivity index is 1.83. The molecule has 1 fully saturated rings. The first kappa shape index (κ1) is 15.8. The number of nitrogens with zero attached hydrogens (tertiary/aromatic N) is 1. The molecular formula is C17H14BrNO4. The number of benzene rings is 2. The van der Waals surface area contributed by atoms with Gasteiger partial charge in [-0.15, -0.1) is 0 Å². The summed E-state index contributed by atoms with van der Waals surface area (Å²) in [4.78, 5) is 22.4. The molecule has 2 aromatic carbocycles. The SMILES string of the molecule is O=C1C[C@@H](c2cccc(Br)c2)O[C@@H](c2ccc([N+](=O)[O-])cc2)C1. The molecule has 1 saturated heterocycles. The van der Waals surface area contributed by atoms with E-state index in [1.165, 1.54) is 12.1 Å². The largest absolute Gasteiger partial charge is 0.365 e. The average molecular weight is 376 g/mol. The third kappa shape index (κ3) is 3.65. The van der Waals surface area contributed by atoms with Crippen LogP contribution >= 0.6 is 15.9 Å². The van der Waals surface area contributed by atoms with Gasteiger partial charge in [0, 0.05) is 29.4 Å². The van der Waals surface area contributed by atoms with Crippen molar-refractivity contribution in [2.24, 2.45) is 0 Å². The summed E-state index contributed by atoms with van der Waals surface area (Å²) in [6.45, 7) is 0. The van der Waals surface area contributed by atoms with Crippen LogP contribution in [0.25, 0.3) is 0 Å². The Labute approximate surface area is 141 Å². The fourth-order valence-corrected chi connectivity index (χ4v) is 3.12. The van der Waals surface area contributed by atoms with Crippen LogP contribution in [0.5, 0.6) is 0 Å². The van der Waals surface area contributed by atoms with Gasteiger partial charge in [0.25, 0.3) is 5.69 Å². The monoisotopic (exact) mass is 375 g/mol. The van der Waals surface area contributed by atoms with Gasteiger partial charge in [-0.1, -0.05) is 28.1 Å². The van der Waals surface area contributed by atoms with Crippen molar-refractivity contribution in [1.29, 1.82) is 0 Å². The molecule has 23 heavy (non-hydrogen) atoms. The summed E-state index contributed by atoms with van der Waals surface area (Å²) in [5.74, 6) is 0.129. The average Bonchev–Trinajstić information content (AvgIpc) is 2.54. The second-order valence-corrected chi connectivity index (χ2v) is 6.38. The van der Waals surface area contributed by atoms with Crippen molar-refractivity contribution in [2.45, 2.75) is 25.0 Å². The van der Waals surface area contributed by atoms with Gasteiger partial charge < -0.3 is 4.74 Å².